The van der Waals surface area contributed by atoms with Crippen LogP contribution in [-0.2, 0) is 20.8 Å². The Morgan fingerprint density at radius 1 is 1.13 bits per heavy atom. The number of amides is 1. The van der Waals surface area contributed by atoms with Crippen LogP contribution in [0.1, 0.15) is 5.56 Å². The molecule has 0 heterocycles. The van der Waals surface area contributed by atoms with Gasteiger partial charge in [0.25, 0.3) is 0 Å². The van der Waals surface area contributed by atoms with E-state index >= 15 is 0 Å². The number of carboxylic acids is 2. The predicted molar refractivity (Wildman–Crippen MR) is 72.5 cm³/mol. The summed E-state index contributed by atoms with van der Waals surface area (Å²) in [5, 5.41) is 18.4. The third-order valence-corrected chi connectivity index (χ3v) is 2.34. The number of halogens is 3. The zero-order valence-corrected chi connectivity index (χ0v) is 11.7. The second-order valence-electron chi connectivity index (χ2n) is 4.16. The number of hydrogen-bond acceptors (Lipinski definition) is 4. The summed E-state index contributed by atoms with van der Waals surface area (Å²) in [5.41, 5.74) is 5.96. The first-order chi connectivity index (χ1) is 10.6. The van der Waals surface area contributed by atoms with Crippen LogP contribution < -0.4 is 11.1 Å². The second kappa shape index (κ2) is 9.41. The van der Waals surface area contributed by atoms with E-state index in [0.717, 1.165) is 5.56 Å². The monoisotopic (exact) mass is 336 g/mol. The number of hydrogen-bond donors (Lipinski definition) is 4. The Labute approximate surface area is 128 Å². The van der Waals surface area contributed by atoms with Crippen molar-refractivity contribution >= 4 is 17.8 Å². The molecule has 1 atom stereocenters. The van der Waals surface area contributed by atoms with Gasteiger partial charge in [0.1, 0.15) is 6.04 Å². The largest absolute Gasteiger partial charge is 0.490 e. The average Bonchev–Trinajstić information content (AvgIpc) is 2.47. The fourth-order valence-corrected chi connectivity index (χ4v) is 1.30. The number of aliphatic carboxylic acids is 2. The van der Waals surface area contributed by atoms with Crippen LogP contribution in [0.4, 0.5) is 13.2 Å². The molecule has 0 saturated carbocycles. The SMILES string of the molecule is NCC(=O)N[C@@H](Cc1ccccc1)C(=O)O.O=C(O)C(F)(F)F. The van der Waals surface area contributed by atoms with Gasteiger partial charge in [-0.2, -0.15) is 13.2 Å². The van der Waals surface area contributed by atoms with Gasteiger partial charge in [-0.1, -0.05) is 30.3 Å². The van der Waals surface area contributed by atoms with E-state index in [0.29, 0.717) is 0 Å². The molecule has 10 heteroatoms. The zero-order chi connectivity index (χ0) is 18.0. The number of nitrogens with two attached hydrogens (primary N) is 1. The molecule has 0 bridgehead atoms. The first-order valence-electron chi connectivity index (χ1n) is 6.14. The minimum Gasteiger partial charge on any atom is -0.480 e. The summed E-state index contributed by atoms with van der Waals surface area (Å²) in [6.07, 6.45) is -4.83. The number of nitrogens with one attached hydrogen (secondary N) is 1. The van der Waals surface area contributed by atoms with Crippen LogP contribution in [-0.4, -0.2) is 46.8 Å². The van der Waals surface area contributed by atoms with Crippen LogP contribution in [0, 0.1) is 0 Å². The highest BCUT2D eigenvalue weighted by atomic mass is 19.4. The molecule has 1 aromatic carbocycles. The summed E-state index contributed by atoms with van der Waals surface area (Å²) in [4.78, 5) is 30.8. The lowest BCUT2D eigenvalue weighted by molar-refractivity contribution is -0.192. The molecule has 0 fully saturated rings. The van der Waals surface area contributed by atoms with Crippen LogP contribution >= 0.6 is 0 Å². The lowest BCUT2D eigenvalue weighted by atomic mass is 10.1. The Kier molecular flexibility index (Phi) is 8.34. The molecular weight excluding hydrogens is 321 g/mol. The highest BCUT2D eigenvalue weighted by Gasteiger charge is 2.38. The third kappa shape index (κ3) is 9.09. The van der Waals surface area contributed by atoms with Crippen LogP contribution in [0.15, 0.2) is 30.3 Å². The Balaban J connectivity index is 0.000000585. The molecule has 5 N–H and O–H groups in total. The Bertz CT molecular complexity index is 534. The van der Waals surface area contributed by atoms with Gasteiger partial charge in [-0.15, -0.1) is 0 Å². The standard InChI is InChI=1S/C11H14N2O3.C2HF3O2/c12-7-10(14)13-9(11(15)16)6-8-4-2-1-3-5-8;3-2(4,5)1(6)7/h1-5,9H,6-7,12H2,(H,13,14)(H,15,16);(H,6,7)/t9-;/m0./s1. The predicted octanol–water partition coefficient (Wildman–Crippen LogP) is 0.391. The summed E-state index contributed by atoms with van der Waals surface area (Å²) >= 11 is 0. The summed E-state index contributed by atoms with van der Waals surface area (Å²) in [6, 6.07) is 8.17. The zero-order valence-electron chi connectivity index (χ0n) is 11.7. The molecule has 1 amide bonds. The molecule has 0 aromatic heterocycles. The van der Waals surface area contributed by atoms with Crippen molar-refractivity contribution in [3.8, 4) is 0 Å². The van der Waals surface area contributed by atoms with Crippen LogP contribution in [0.2, 0.25) is 0 Å². The first kappa shape index (κ1) is 20.4. The van der Waals surface area contributed by atoms with Crippen molar-refractivity contribution in [1.82, 2.24) is 5.32 Å². The molecule has 0 saturated heterocycles. The number of alkyl halides is 3. The molecule has 0 spiro atoms. The Morgan fingerprint density at radius 2 is 1.61 bits per heavy atom. The van der Waals surface area contributed by atoms with Crippen LogP contribution in [0.5, 0.6) is 0 Å². The van der Waals surface area contributed by atoms with E-state index < -0.39 is 30.1 Å². The first-order valence-corrected chi connectivity index (χ1v) is 6.14. The van der Waals surface area contributed by atoms with E-state index in [2.05, 4.69) is 5.32 Å². The van der Waals surface area contributed by atoms with Gasteiger partial charge in [0.05, 0.1) is 6.54 Å². The lowest BCUT2D eigenvalue weighted by Crippen LogP contribution is -2.44. The van der Waals surface area contributed by atoms with E-state index in [1.165, 1.54) is 0 Å². The van der Waals surface area contributed by atoms with Gasteiger partial charge >= 0.3 is 18.1 Å². The average molecular weight is 336 g/mol. The number of carbonyl (C=O) groups is 3. The molecule has 1 aromatic rings. The second-order valence-corrected chi connectivity index (χ2v) is 4.16. The number of carbonyl (C=O) groups excluding carboxylic acids is 1. The molecule has 0 aliphatic carbocycles. The van der Waals surface area contributed by atoms with Crippen molar-refractivity contribution in [2.45, 2.75) is 18.6 Å². The molecule has 0 aliphatic rings. The molecular formula is C13H15F3N2O5. The van der Waals surface area contributed by atoms with Crippen LogP contribution in [0.3, 0.4) is 0 Å². The number of benzene rings is 1. The van der Waals surface area contributed by atoms with Crippen LogP contribution in [0.25, 0.3) is 0 Å². The molecule has 23 heavy (non-hydrogen) atoms. The summed E-state index contributed by atoms with van der Waals surface area (Å²) < 4.78 is 31.7. The number of carboxylic acid groups (broad SMARTS) is 2. The van der Waals surface area contributed by atoms with E-state index in [1.807, 2.05) is 30.3 Å². The maximum atomic E-state index is 11.0. The van der Waals surface area contributed by atoms with E-state index in [1.54, 1.807) is 0 Å². The molecule has 7 nitrogen and oxygen atoms in total. The van der Waals surface area contributed by atoms with Gasteiger partial charge in [0.2, 0.25) is 5.91 Å². The minimum absolute atomic E-state index is 0.210. The maximum absolute atomic E-state index is 11.0. The highest BCUT2D eigenvalue weighted by molar-refractivity contribution is 5.84. The van der Waals surface area contributed by atoms with Crippen molar-refractivity contribution in [3.05, 3.63) is 35.9 Å². The number of rotatable bonds is 5. The molecule has 128 valence electrons. The van der Waals surface area contributed by atoms with Gasteiger partial charge in [-0.25, -0.2) is 9.59 Å². The molecule has 0 aliphatic heterocycles. The quantitative estimate of drug-likeness (QED) is 0.615. The fourth-order valence-electron chi connectivity index (χ4n) is 1.30. The summed E-state index contributed by atoms with van der Waals surface area (Å²) in [6.45, 7) is -0.210. The molecule has 0 radical (unpaired) electrons. The van der Waals surface area contributed by atoms with Crippen molar-refractivity contribution in [2.24, 2.45) is 5.73 Å². The highest BCUT2D eigenvalue weighted by Crippen LogP contribution is 2.13. The third-order valence-electron chi connectivity index (χ3n) is 2.34. The topological polar surface area (TPSA) is 130 Å². The van der Waals surface area contributed by atoms with Crippen molar-refractivity contribution < 1.29 is 37.8 Å². The van der Waals surface area contributed by atoms with E-state index in [9.17, 15) is 22.8 Å². The molecule has 0 unspecified atom stereocenters. The fraction of sp³-hybridized carbons (Fsp3) is 0.308. The van der Waals surface area contributed by atoms with Gasteiger partial charge in [0.15, 0.2) is 0 Å². The van der Waals surface area contributed by atoms with Crippen molar-refractivity contribution in [1.29, 1.82) is 0 Å². The maximum Gasteiger partial charge on any atom is 0.490 e. The smallest absolute Gasteiger partial charge is 0.480 e. The normalized spacial score (nSPS) is 11.7. The van der Waals surface area contributed by atoms with Gasteiger partial charge in [-0.3, -0.25) is 4.79 Å². The minimum atomic E-state index is -5.08. The van der Waals surface area contributed by atoms with Crippen molar-refractivity contribution in [2.75, 3.05) is 6.54 Å². The van der Waals surface area contributed by atoms with Gasteiger partial charge in [-0.05, 0) is 5.56 Å². The molecule has 1 rings (SSSR count). The summed E-state index contributed by atoms with van der Waals surface area (Å²) in [7, 11) is 0. The lowest BCUT2D eigenvalue weighted by Gasteiger charge is -2.13. The van der Waals surface area contributed by atoms with E-state index in [-0.39, 0.29) is 13.0 Å². The van der Waals surface area contributed by atoms with Gasteiger partial charge < -0.3 is 21.3 Å². The Morgan fingerprint density at radius 3 is 1.96 bits per heavy atom. The Hall–Kier alpha value is -2.62. The summed E-state index contributed by atoms with van der Waals surface area (Å²) in [5.74, 6) is -4.29. The van der Waals surface area contributed by atoms with E-state index in [4.69, 9.17) is 20.7 Å². The van der Waals surface area contributed by atoms with Crippen molar-refractivity contribution in [3.63, 3.8) is 0 Å². The van der Waals surface area contributed by atoms with Gasteiger partial charge in [0, 0.05) is 6.42 Å².